The van der Waals surface area contributed by atoms with Crippen molar-refractivity contribution in [2.24, 2.45) is 0 Å². The molecule has 0 N–H and O–H groups in total. The monoisotopic (exact) mass is 399 g/mol. The van der Waals surface area contributed by atoms with Crippen LogP contribution in [0.1, 0.15) is 19.3 Å². The fraction of sp³-hybridized carbons (Fsp3) is 0.929. The first-order valence-electron chi connectivity index (χ1n) is 6.56. The van der Waals surface area contributed by atoms with E-state index in [0.717, 1.165) is 16.5 Å². The molecule has 2 unspecified atom stereocenters. The molecule has 0 saturated heterocycles. The zero-order chi connectivity index (χ0) is 14.6. The van der Waals surface area contributed by atoms with E-state index in [1.54, 1.807) is 28.2 Å². The average Bonchev–Trinajstić information content (AvgIpc) is 2.67. The quantitative estimate of drug-likeness (QED) is 0.353. The van der Waals surface area contributed by atoms with Crippen LogP contribution in [0.25, 0.3) is 16.0 Å². The van der Waals surface area contributed by atoms with Gasteiger partial charge >= 0.3 is 21.7 Å². The first-order valence-corrected chi connectivity index (χ1v) is 10.8. The predicted molar refractivity (Wildman–Crippen MR) is 98.8 cm³/mol. The molecule has 120 valence electrons. The summed E-state index contributed by atoms with van der Waals surface area (Å²) in [6, 6.07) is 0. The molecule has 0 heterocycles. The second kappa shape index (κ2) is 18.3. The maximum absolute atomic E-state index is 4.33. The molecule has 1 saturated carbocycles. The van der Waals surface area contributed by atoms with E-state index in [1.807, 2.05) is 7.05 Å². The summed E-state index contributed by atoms with van der Waals surface area (Å²) in [4.78, 5) is 0.793. The van der Waals surface area contributed by atoms with Crippen molar-refractivity contribution in [3.8, 4) is 0 Å². The van der Waals surface area contributed by atoms with E-state index < -0.39 is 8.07 Å². The normalized spacial score (nSPS) is 20.4. The maximum Gasteiger partial charge on any atom is 4.00 e. The minimum absolute atomic E-state index is 0. The number of alkyl halides is 1. The maximum atomic E-state index is 4.33. The van der Waals surface area contributed by atoms with Crippen molar-refractivity contribution in [2.45, 2.75) is 42.7 Å². The largest absolute Gasteiger partial charge is 4.00 e. The smallest absolute Gasteiger partial charge is 0.668 e. The molecule has 0 bridgehead atoms. The number of halogens is 1. The summed E-state index contributed by atoms with van der Waals surface area (Å²) in [5.74, 6) is 0. The van der Waals surface area contributed by atoms with Gasteiger partial charge in [-0.15, -0.1) is 0 Å². The van der Waals surface area contributed by atoms with Gasteiger partial charge in [0.2, 0.25) is 0 Å². The summed E-state index contributed by atoms with van der Waals surface area (Å²) in [7, 11) is 7.90. The van der Waals surface area contributed by atoms with Crippen LogP contribution in [0.3, 0.4) is 0 Å². The van der Waals surface area contributed by atoms with Crippen molar-refractivity contribution in [1.82, 2.24) is 0 Å². The third kappa shape index (κ3) is 14.2. The van der Waals surface area contributed by atoms with Crippen LogP contribution < -0.4 is 0 Å². The van der Waals surface area contributed by atoms with Gasteiger partial charge in [-0.1, -0.05) is 41.9 Å². The van der Waals surface area contributed by atoms with E-state index in [0.29, 0.717) is 0 Å². The van der Waals surface area contributed by atoms with E-state index >= 15 is 0 Å². The van der Waals surface area contributed by atoms with Crippen LogP contribution in [0.4, 0.5) is 0 Å². The van der Waals surface area contributed by atoms with Gasteiger partial charge in [0.1, 0.15) is 0 Å². The van der Waals surface area contributed by atoms with Gasteiger partial charge in [-0.25, -0.2) is 0 Å². The van der Waals surface area contributed by atoms with Crippen molar-refractivity contribution >= 4 is 24.0 Å². The van der Waals surface area contributed by atoms with E-state index in [-0.39, 0.29) is 29.1 Å². The summed E-state index contributed by atoms with van der Waals surface area (Å²) in [6.45, 7) is 4.95. The summed E-state index contributed by atoms with van der Waals surface area (Å²) >= 11 is 3.80. The zero-order valence-corrected chi connectivity index (χ0v) is 18.9. The van der Waals surface area contributed by atoms with Crippen LogP contribution in [0.15, 0.2) is 0 Å². The number of nitrogens with zero attached hydrogens (tertiary/aromatic N) is 3. The Kier molecular flexibility index (Phi) is 26.9. The van der Waals surface area contributed by atoms with E-state index in [1.165, 1.54) is 19.3 Å². The summed E-state index contributed by atoms with van der Waals surface area (Å²) < 4.78 is 0. The van der Waals surface area contributed by atoms with Crippen molar-refractivity contribution in [3.05, 3.63) is 23.4 Å². The molecule has 1 aliphatic carbocycles. The second-order valence-corrected chi connectivity index (χ2v) is 11.6. The SMILES string of the molecule is C[N-]C.C[N-]C.C[N-]C[Si](C)(C)C1CCCC1Br.[CH3-].[Ti+4]. The van der Waals surface area contributed by atoms with Crippen LogP contribution in [0.5, 0.6) is 0 Å². The van der Waals surface area contributed by atoms with Gasteiger partial charge < -0.3 is 23.4 Å². The van der Waals surface area contributed by atoms with E-state index in [2.05, 4.69) is 45.0 Å². The Balaban J connectivity index is -0.000000139. The molecule has 1 fully saturated rings. The molecule has 0 aliphatic heterocycles. The van der Waals surface area contributed by atoms with Gasteiger partial charge in [-0.2, -0.15) is 41.4 Å². The van der Waals surface area contributed by atoms with Gasteiger partial charge in [0, 0.05) is 12.9 Å². The standard InChI is InChI=1S/C9H19BrNSi.2C2H6N.CH3.Ti/c1-11-7-12(2,3)9-6-4-5-8(9)10;2*1-3-2;;/h8-9H,4-7H2,1-3H3;2*1-2H3;1H3;/q4*-1;+4. The molecule has 1 rings (SSSR count). The van der Waals surface area contributed by atoms with Gasteiger partial charge in [0.05, 0.1) is 0 Å². The van der Waals surface area contributed by atoms with Gasteiger partial charge in [-0.05, 0) is 12.0 Å². The molecular formula is C14H34BrN3SiTi. The zero-order valence-electron chi connectivity index (χ0n) is 14.7. The second-order valence-electron chi connectivity index (χ2n) is 5.41. The minimum atomic E-state index is -1.05. The van der Waals surface area contributed by atoms with Crippen LogP contribution in [0, 0.1) is 7.43 Å². The molecule has 3 nitrogen and oxygen atoms in total. The summed E-state index contributed by atoms with van der Waals surface area (Å²) in [5, 5.41) is 11.3. The third-order valence-corrected chi connectivity index (χ3v) is 8.41. The molecule has 2 atom stereocenters. The summed E-state index contributed by atoms with van der Waals surface area (Å²) in [5.41, 5.74) is 0.959. The van der Waals surface area contributed by atoms with Crippen molar-refractivity contribution < 1.29 is 21.7 Å². The number of hydrogen-bond donors (Lipinski definition) is 0. The number of hydrogen-bond acceptors (Lipinski definition) is 0. The fourth-order valence-corrected chi connectivity index (χ4v) is 8.24. The predicted octanol–water partition coefficient (Wildman–Crippen LogP) is 5.24. The minimum Gasteiger partial charge on any atom is -0.668 e. The molecule has 0 aromatic carbocycles. The van der Waals surface area contributed by atoms with Crippen LogP contribution >= 0.6 is 15.9 Å². The van der Waals surface area contributed by atoms with Gasteiger partial charge in [0.15, 0.2) is 0 Å². The first-order chi connectivity index (χ1) is 8.40. The fourth-order valence-electron chi connectivity index (χ4n) is 2.32. The van der Waals surface area contributed by atoms with Crippen LogP contribution in [-0.2, 0) is 21.7 Å². The Morgan fingerprint density at radius 3 is 1.65 bits per heavy atom. The van der Waals surface area contributed by atoms with Crippen molar-refractivity contribution in [3.63, 3.8) is 0 Å². The molecule has 0 aromatic heterocycles. The molecule has 20 heavy (non-hydrogen) atoms. The van der Waals surface area contributed by atoms with Crippen LogP contribution in [0.2, 0.25) is 18.6 Å². The van der Waals surface area contributed by atoms with E-state index in [4.69, 9.17) is 0 Å². The Bertz CT molecular complexity index is 184. The summed E-state index contributed by atoms with van der Waals surface area (Å²) in [6.07, 6.45) is 5.37. The molecule has 6 heteroatoms. The molecule has 0 spiro atoms. The molecular weight excluding hydrogens is 366 g/mol. The average molecular weight is 400 g/mol. The van der Waals surface area contributed by atoms with Gasteiger partial charge in [-0.3, -0.25) is 0 Å². The van der Waals surface area contributed by atoms with Crippen LogP contribution in [-0.4, -0.2) is 54.3 Å². The number of rotatable bonds is 3. The molecule has 0 aromatic rings. The first kappa shape index (κ1) is 29.3. The third-order valence-electron chi connectivity index (χ3n) is 3.00. The Labute approximate surface area is 152 Å². The van der Waals surface area contributed by atoms with E-state index in [9.17, 15) is 0 Å². The molecule has 0 amide bonds. The Morgan fingerprint density at radius 2 is 1.40 bits per heavy atom. The molecule has 1 aliphatic rings. The van der Waals surface area contributed by atoms with Crippen molar-refractivity contribution in [2.75, 3.05) is 41.4 Å². The Morgan fingerprint density at radius 1 is 1.00 bits per heavy atom. The van der Waals surface area contributed by atoms with Gasteiger partial charge in [0.25, 0.3) is 0 Å². The van der Waals surface area contributed by atoms with Crippen molar-refractivity contribution in [1.29, 1.82) is 0 Å². The topological polar surface area (TPSA) is 42.3 Å². The Hall–Kier alpha value is 1.29. The molecule has 0 radical (unpaired) electrons.